The van der Waals surface area contributed by atoms with Gasteiger partial charge in [0.15, 0.2) is 5.82 Å². The Hall–Kier alpha value is -1.65. The van der Waals surface area contributed by atoms with Gasteiger partial charge in [-0.25, -0.2) is 0 Å². The van der Waals surface area contributed by atoms with Gasteiger partial charge in [-0.05, 0) is 30.9 Å². The van der Waals surface area contributed by atoms with E-state index in [9.17, 15) is 4.79 Å². The van der Waals surface area contributed by atoms with Gasteiger partial charge in [0.1, 0.15) is 6.54 Å². The molecule has 80 valence electrons. The molecule has 1 N–H and O–H groups in total. The second-order valence-corrected chi connectivity index (χ2v) is 3.80. The zero-order valence-corrected chi connectivity index (χ0v) is 8.33. The fourth-order valence-corrected chi connectivity index (χ4v) is 1.48. The fraction of sp³-hybridized carbons (Fsp3) is 0.500. The van der Waals surface area contributed by atoms with Crippen LogP contribution in [0.25, 0.3) is 0 Å². The second-order valence-electron chi connectivity index (χ2n) is 3.80. The average molecular weight is 207 g/mol. The van der Waals surface area contributed by atoms with Crippen molar-refractivity contribution >= 4 is 11.8 Å². The second kappa shape index (κ2) is 4.25. The molecule has 1 saturated carbocycles. The third kappa shape index (κ3) is 2.90. The normalized spacial score (nSPS) is 14.9. The van der Waals surface area contributed by atoms with Crippen molar-refractivity contribution in [1.82, 2.24) is 10.2 Å². The van der Waals surface area contributed by atoms with Crippen molar-refractivity contribution in [3.63, 3.8) is 0 Å². The maximum absolute atomic E-state index is 10.7. The number of hydrogen-bond acceptors (Lipinski definition) is 4. The third-order valence-electron chi connectivity index (χ3n) is 2.38. The molecule has 0 atom stereocenters. The topological polar surface area (TPSA) is 66.3 Å². The van der Waals surface area contributed by atoms with Gasteiger partial charge in [-0.3, -0.25) is 4.79 Å². The predicted octanol–water partition coefficient (Wildman–Crippen LogP) is 0.778. The van der Waals surface area contributed by atoms with Crippen LogP contribution in [0.15, 0.2) is 18.3 Å². The lowest BCUT2D eigenvalue weighted by atomic mass is 10.3. The van der Waals surface area contributed by atoms with Gasteiger partial charge in [0.25, 0.3) is 0 Å². The monoisotopic (exact) mass is 207 g/mol. The van der Waals surface area contributed by atoms with E-state index in [1.165, 1.54) is 12.8 Å². The molecule has 0 radical (unpaired) electrons. The standard InChI is InChI=1S/C10H13N3O2/c14-10(15)7-13(6-8-3-4-8)9-2-1-5-11-12-9/h1-2,5,8H,3-4,6-7H2,(H,14,15). The average Bonchev–Trinajstić information content (AvgIpc) is 3.01. The van der Waals surface area contributed by atoms with E-state index in [-0.39, 0.29) is 6.54 Å². The first-order chi connectivity index (χ1) is 7.25. The van der Waals surface area contributed by atoms with Crippen molar-refractivity contribution in [1.29, 1.82) is 0 Å². The van der Waals surface area contributed by atoms with Crippen LogP contribution in [0.3, 0.4) is 0 Å². The largest absolute Gasteiger partial charge is 0.480 e. The highest BCUT2D eigenvalue weighted by atomic mass is 16.4. The molecule has 0 spiro atoms. The summed E-state index contributed by atoms with van der Waals surface area (Å²) >= 11 is 0. The Morgan fingerprint density at radius 1 is 1.60 bits per heavy atom. The van der Waals surface area contributed by atoms with Crippen molar-refractivity contribution in [2.45, 2.75) is 12.8 Å². The number of carbonyl (C=O) groups is 1. The molecular weight excluding hydrogens is 194 g/mol. The summed E-state index contributed by atoms with van der Waals surface area (Å²) in [7, 11) is 0. The van der Waals surface area contributed by atoms with E-state index >= 15 is 0 Å². The van der Waals surface area contributed by atoms with Gasteiger partial charge in [0.2, 0.25) is 0 Å². The highest BCUT2D eigenvalue weighted by Crippen LogP contribution is 2.30. The minimum atomic E-state index is -0.832. The van der Waals surface area contributed by atoms with Crippen LogP contribution in [0.2, 0.25) is 0 Å². The SMILES string of the molecule is O=C(O)CN(CC1CC1)c1cccnn1. The van der Waals surface area contributed by atoms with Crippen molar-refractivity contribution < 1.29 is 9.90 Å². The van der Waals surface area contributed by atoms with Crippen LogP contribution < -0.4 is 4.90 Å². The molecule has 1 aromatic heterocycles. The number of nitrogens with zero attached hydrogens (tertiary/aromatic N) is 3. The van der Waals surface area contributed by atoms with Gasteiger partial charge in [0.05, 0.1) is 0 Å². The molecule has 0 aliphatic heterocycles. The molecule has 1 aromatic rings. The summed E-state index contributed by atoms with van der Waals surface area (Å²) in [6.07, 6.45) is 3.96. The molecular formula is C10H13N3O2. The van der Waals surface area contributed by atoms with Crippen molar-refractivity contribution in [3.05, 3.63) is 18.3 Å². The predicted molar refractivity (Wildman–Crippen MR) is 54.6 cm³/mol. The molecule has 0 bridgehead atoms. The number of carboxylic acids is 1. The molecule has 2 rings (SSSR count). The van der Waals surface area contributed by atoms with Crippen LogP contribution in [-0.2, 0) is 4.79 Å². The zero-order valence-electron chi connectivity index (χ0n) is 8.33. The highest BCUT2D eigenvalue weighted by Gasteiger charge is 2.26. The van der Waals surface area contributed by atoms with Crippen LogP contribution in [0, 0.1) is 5.92 Å². The summed E-state index contributed by atoms with van der Waals surface area (Å²) in [4.78, 5) is 12.5. The molecule has 0 unspecified atom stereocenters. The maximum atomic E-state index is 10.7. The minimum Gasteiger partial charge on any atom is -0.480 e. The van der Waals surface area contributed by atoms with Crippen LogP contribution >= 0.6 is 0 Å². The van der Waals surface area contributed by atoms with Gasteiger partial charge in [-0.1, -0.05) is 0 Å². The zero-order chi connectivity index (χ0) is 10.7. The summed E-state index contributed by atoms with van der Waals surface area (Å²) in [6.45, 7) is 0.764. The van der Waals surface area contributed by atoms with E-state index in [1.54, 1.807) is 23.2 Å². The first-order valence-corrected chi connectivity index (χ1v) is 5.00. The number of hydrogen-bond donors (Lipinski definition) is 1. The molecule has 1 aliphatic rings. The van der Waals surface area contributed by atoms with Crippen LogP contribution in [-0.4, -0.2) is 34.4 Å². The van der Waals surface area contributed by atoms with E-state index in [1.807, 2.05) is 0 Å². The number of aromatic nitrogens is 2. The molecule has 0 amide bonds. The molecule has 1 aliphatic carbocycles. The van der Waals surface area contributed by atoms with E-state index < -0.39 is 5.97 Å². The lowest BCUT2D eigenvalue weighted by Gasteiger charge is -2.20. The summed E-state index contributed by atoms with van der Waals surface area (Å²) in [5.41, 5.74) is 0. The molecule has 1 heterocycles. The Morgan fingerprint density at radius 2 is 2.40 bits per heavy atom. The molecule has 5 nitrogen and oxygen atoms in total. The Kier molecular flexibility index (Phi) is 2.80. The summed E-state index contributed by atoms with van der Waals surface area (Å²) < 4.78 is 0. The number of rotatable bonds is 5. The Balaban J connectivity index is 2.06. The smallest absolute Gasteiger partial charge is 0.323 e. The van der Waals surface area contributed by atoms with E-state index in [0.717, 1.165) is 6.54 Å². The number of aliphatic carboxylic acids is 1. The Labute approximate surface area is 87.7 Å². The van der Waals surface area contributed by atoms with Gasteiger partial charge >= 0.3 is 5.97 Å². The Bertz CT molecular complexity index is 338. The molecule has 1 fully saturated rings. The van der Waals surface area contributed by atoms with Gasteiger partial charge in [-0.2, -0.15) is 5.10 Å². The first kappa shape index (κ1) is 9.89. The van der Waals surface area contributed by atoms with Crippen molar-refractivity contribution in [2.75, 3.05) is 18.0 Å². The van der Waals surface area contributed by atoms with Gasteiger partial charge in [-0.15, -0.1) is 5.10 Å². The lowest BCUT2D eigenvalue weighted by molar-refractivity contribution is -0.135. The van der Waals surface area contributed by atoms with Crippen molar-refractivity contribution in [3.8, 4) is 0 Å². The highest BCUT2D eigenvalue weighted by molar-refractivity contribution is 5.73. The molecule has 5 heteroatoms. The Morgan fingerprint density at radius 3 is 2.93 bits per heavy atom. The molecule has 15 heavy (non-hydrogen) atoms. The molecule has 0 saturated heterocycles. The summed E-state index contributed by atoms with van der Waals surface area (Å²) in [6, 6.07) is 3.56. The third-order valence-corrected chi connectivity index (χ3v) is 2.38. The quantitative estimate of drug-likeness (QED) is 0.772. The molecule has 0 aromatic carbocycles. The minimum absolute atomic E-state index is 0.00477. The fourth-order valence-electron chi connectivity index (χ4n) is 1.48. The van der Waals surface area contributed by atoms with Crippen LogP contribution in [0.1, 0.15) is 12.8 Å². The lowest BCUT2D eigenvalue weighted by Crippen LogP contribution is -2.32. The van der Waals surface area contributed by atoms with E-state index in [0.29, 0.717) is 11.7 Å². The summed E-state index contributed by atoms with van der Waals surface area (Å²) in [5.74, 6) is 0.444. The van der Waals surface area contributed by atoms with E-state index in [2.05, 4.69) is 10.2 Å². The summed E-state index contributed by atoms with van der Waals surface area (Å²) in [5, 5.41) is 16.5. The van der Waals surface area contributed by atoms with Crippen LogP contribution in [0.4, 0.5) is 5.82 Å². The number of carboxylic acid groups (broad SMARTS) is 1. The first-order valence-electron chi connectivity index (χ1n) is 5.00. The van der Waals surface area contributed by atoms with Crippen molar-refractivity contribution in [2.24, 2.45) is 5.92 Å². The maximum Gasteiger partial charge on any atom is 0.323 e. The van der Waals surface area contributed by atoms with Crippen LogP contribution in [0.5, 0.6) is 0 Å². The van der Waals surface area contributed by atoms with Gasteiger partial charge < -0.3 is 10.0 Å². The van der Waals surface area contributed by atoms with E-state index in [4.69, 9.17) is 5.11 Å². The van der Waals surface area contributed by atoms with Gasteiger partial charge in [0, 0.05) is 12.7 Å². The number of anilines is 1.